The Morgan fingerprint density at radius 3 is 2.43 bits per heavy atom. The fourth-order valence-corrected chi connectivity index (χ4v) is 2.58. The number of anilines is 1. The van der Waals surface area contributed by atoms with Gasteiger partial charge in [-0.1, -0.05) is 44.7 Å². The van der Waals surface area contributed by atoms with Gasteiger partial charge in [-0.2, -0.15) is 0 Å². The highest BCUT2D eigenvalue weighted by atomic mass is 32.2. The van der Waals surface area contributed by atoms with E-state index in [1.165, 1.54) is 23.5 Å². The second-order valence-corrected chi connectivity index (χ2v) is 6.82. The van der Waals surface area contributed by atoms with Crippen LogP contribution in [0, 0.1) is 5.82 Å². The molecule has 1 heterocycles. The molecule has 1 aromatic heterocycles. The van der Waals surface area contributed by atoms with Crippen molar-refractivity contribution in [2.45, 2.75) is 43.0 Å². The van der Waals surface area contributed by atoms with Crippen LogP contribution in [-0.2, 0) is 5.41 Å². The number of hydrogen-bond acceptors (Lipinski definition) is 4. The number of rotatable bonds is 4. The third-order valence-electron chi connectivity index (χ3n) is 2.98. The van der Waals surface area contributed by atoms with Crippen LogP contribution in [0.4, 0.5) is 10.3 Å². The maximum atomic E-state index is 13.8. The van der Waals surface area contributed by atoms with Crippen LogP contribution in [0.5, 0.6) is 0 Å². The van der Waals surface area contributed by atoms with Gasteiger partial charge in [0, 0.05) is 11.4 Å². The SMILES string of the molecule is CCNc1ncc(F)c(Sc2ccc(C(C)(C)C)cc2)n1. The Hall–Kier alpha value is -1.62. The number of nitrogens with one attached hydrogen (secondary N) is 1. The summed E-state index contributed by atoms with van der Waals surface area (Å²) in [6, 6.07) is 8.15. The van der Waals surface area contributed by atoms with Gasteiger partial charge in [0.15, 0.2) is 5.82 Å². The van der Waals surface area contributed by atoms with Crippen molar-refractivity contribution in [1.82, 2.24) is 9.97 Å². The molecule has 1 aromatic carbocycles. The predicted octanol–water partition coefficient (Wildman–Crippen LogP) is 4.50. The topological polar surface area (TPSA) is 37.8 Å². The van der Waals surface area contributed by atoms with Crippen LogP contribution < -0.4 is 5.32 Å². The van der Waals surface area contributed by atoms with Crippen molar-refractivity contribution in [2.75, 3.05) is 11.9 Å². The van der Waals surface area contributed by atoms with Crippen molar-refractivity contribution in [1.29, 1.82) is 0 Å². The van der Waals surface area contributed by atoms with E-state index in [9.17, 15) is 4.39 Å². The van der Waals surface area contributed by atoms with Crippen molar-refractivity contribution in [3.63, 3.8) is 0 Å². The zero-order valence-electron chi connectivity index (χ0n) is 12.8. The average Bonchev–Trinajstić information content (AvgIpc) is 2.42. The molecule has 0 aliphatic rings. The van der Waals surface area contributed by atoms with E-state index in [-0.39, 0.29) is 5.41 Å². The molecule has 21 heavy (non-hydrogen) atoms. The van der Waals surface area contributed by atoms with E-state index in [0.29, 0.717) is 17.5 Å². The minimum Gasteiger partial charge on any atom is -0.354 e. The van der Waals surface area contributed by atoms with E-state index in [1.807, 2.05) is 19.1 Å². The monoisotopic (exact) mass is 305 g/mol. The first-order chi connectivity index (χ1) is 9.90. The Bertz CT molecular complexity index is 606. The highest BCUT2D eigenvalue weighted by molar-refractivity contribution is 7.99. The largest absolute Gasteiger partial charge is 0.354 e. The molecule has 0 fully saturated rings. The number of benzene rings is 1. The number of hydrogen-bond donors (Lipinski definition) is 1. The van der Waals surface area contributed by atoms with E-state index in [1.54, 1.807) is 0 Å². The maximum absolute atomic E-state index is 13.8. The summed E-state index contributed by atoms with van der Waals surface area (Å²) in [5.74, 6) is 0.0502. The number of aromatic nitrogens is 2. The highest BCUT2D eigenvalue weighted by Crippen LogP contribution is 2.30. The van der Waals surface area contributed by atoms with Gasteiger partial charge in [-0.3, -0.25) is 0 Å². The molecular formula is C16H20FN3S. The molecule has 0 spiro atoms. The van der Waals surface area contributed by atoms with Crippen LogP contribution in [0.2, 0.25) is 0 Å². The van der Waals surface area contributed by atoms with E-state index < -0.39 is 5.82 Å². The van der Waals surface area contributed by atoms with Gasteiger partial charge in [0.2, 0.25) is 5.95 Å². The molecule has 0 amide bonds. The second-order valence-electron chi connectivity index (χ2n) is 5.75. The number of nitrogens with zero attached hydrogens (tertiary/aromatic N) is 2. The van der Waals surface area contributed by atoms with E-state index in [0.717, 1.165) is 4.90 Å². The molecule has 112 valence electrons. The van der Waals surface area contributed by atoms with Crippen LogP contribution in [0.15, 0.2) is 40.4 Å². The molecule has 2 rings (SSSR count). The molecule has 0 atom stereocenters. The van der Waals surface area contributed by atoms with Crippen molar-refractivity contribution in [3.05, 3.63) is 41.8 Å². The van der Waals surface area contributed by atoms with Crippen LogP contribution in [-0.4, -0.2) is 16.5 Å². The van der Waals surface area contributed by atoms with Gasteiger partial charge in [-0.05, 0) is 30.0 Å². The standard InChI is InChI=1S/C16H20FN3S/c1-5-18-15-19-10-13(17)14(20-15)21-12-8-6-11(7-9-12)16(2,3)4/h6-10H,5H2,1-4H3,(H,18,19,20). The Labute approximate surface area is 129 Å². The lowest BCUT2D eigenvalue weighted by molar-refractivity contribution is 0.579. The molecular weight excluding hydrogens is 285 g/mol. The third-order valence-corrected chi connectivity index (χ3v) is 3.97. The Morgan fingerprint density at radius 1 is 1.19 bits per heavy atom. The highest BCUT2D eigenvalue weighted by Gasteiger charge is 2.14. The molecule has 5 heteroatoms. The van der Waals surface area contributed by atoms with Crippen molar-refractivity contribution < 1.29 is 4.39 Å². The summed E-state index contributed by atoms with van der Waals surface area (Å²) < 4.78 is 13.8. The summed E-state index contributed by atoms with van der Waals surface area (Å²) in [7, 11) is 0. The van der Waals surface area contributed by atoms with Crippen LogP contribution in [0.1, 0.15) is 33.3 Å². The Morgan fingerprint density at radius 2 is 1.86 bits per heavy atom. The lowest BCUT2D eigenvalue weighted by atomic mass is 9.87. The van der Waals surface area contributed by atoms with Crippen molar-refractivity contribution >= 4 is 17.7 Å². The van der Waals surface area contributed by atoms with Gasteiger partial charge in [-0.15, -0.1) is 0 Å². The molecule has 0 aliphatic carbocycles. The van der Waals surface area contributed by atoms with E-state index in [4.69, 9.17) is 0 Å². The fraction of sp³-hybridized carbons (Fsp3) is 0.375. The molecule has 0 saturated carbocycles. The smallest absolute Gasteiger partial charge is 0.223 e. The zero-order valence-corrected chi connectivity index (χ0v) is 13.6. The molecule has 0 bridgehead atoms. The first-order valence-corrected chi connectivity index (χ1v) is 7.76. The summed E-state index contributed by atoms with van der Waals surface area (Å²) >= 11 is 1.31. The minimum atomic E-state index is -0.401. The lowest BCUT2D eigenvalue weighted by Gasteiger charge is -2.19. The summed E-state index contributed by atoms with van der Waals surface area (Å²) in [4.78, 5) is 9.06. The summed E-state index contributed by atoms with van der Waals surface area (Å²) in [6.07, 6.45) is 1.21. The van der Waals surface area contributed by atoms with Crippen LogP contribution in [0.25, 0.3) is 0 Å². The predicted molar refractivity (Wildman–Crippen MR) is 85.4 cm³/mol. The third kappa shape index (κ3) is 4.17. The van der Waals surface area contributed by atoms with Gasteiger partial charge in [0.05, 0.1) is 6.20 Å². The molecule has 0 aliphatic heterocycles. The Balaban J connectivity index is 2.20. The lowest BCUT2D eigenvalue weighted by Crippen LogP contribution is -2.10. The Kier molecular flexibility index (Phi) is 4.83. The molecule has 1 N–H and O–H groups in total. The van der Waals surface area contributed by atoms with Crippen molar-refractivity contribution in [3.8, 4) is 0 Å². The maximum Gasteiger partial charge on any atom is 0.223 e. The molecule has 3 nitrogen and oxygen atoms in total. The minimum absolute atomic E-state index is 0.113. The van der Waals surface area contributed by atoms with Crippen LogP contribution >= 0.6 is 11.8 Å². The first kappa shape index (κ1) is 15.8. The van der Waals surface area contributed by atoms with Crippen molar-refractivity contribution in [2.24, 2.45) is 0 Å². The van der Waals surface area contributed by atoms with E-state index >= 15 is 0 Å². The summed E-state index contributed by atoms with van der Waals surface area (Å²) in [5, 5.41) is 3.33. The fourth-order valence-electron chi connectivity index (χ4n) is 1.80. The molecule has 0 saturated heterocycles. The summed E-state index contributed by atoms with van der Waals surface area (Å²) in [5.41, 5.74) is 1.37. The zero-order chi connectivity index (χ0) is 15.5. The first-order valence-electron chi connectivity index (χ1n) is 6.95. The van der Waals surface area contributed by atoms with Crippen LogP contribution in [0.3, 0.4) is 0 Å². The molecule has 2 aromatic rings. The van der Waals surface area contributed by atoms with Gasteiger partial charge >= 0.3 is 0 Å². The second kappa shape index (κ2) is 6.43. The summed E-state index contributed by atoms with van der Waals surface area (Å²) in [6.45, 7) is 9.16. The van der Waals surface area contributed by atoms with Gasteiger partial charge < -0.3 is 5.32 Å². The normalized spacial score (nSPS) is 11.5. The number of halogens is 1. The molecule has 0 unspecified atom stereocenters. The van der Waals surface area contributed by atoms with Gasteiger partial charge in [0.1, 0.15) is 5.03 Å². The molecule has 0 radical (unpaired) electrons. The van der Waals surface area contributed by atoms with E-state index in [2.05, 4.69) is 48.2 Å². The average molecular weight is 305 g/mol. The quantitative estimate of drug-likeness (QED) is 0.844. The van der Waals surface area contributed by atoms with Gasteiger partial charge in [-0.25, -0.2) is 14.4 Å². The van der Waals surface area contributed by atoms with Gasteiger partial charge in [0.25, 0.3) is 0 Å².